The molecule has 0 spiro atoms. The Bertz CT molecular complexity index is 162. The van der Waals surface area contributed by atoms with E-state index in [1.165, 1.54) is 12.2 Å². The third-order valence-electron chi connectivity index (χ3n) is 1.45. The van der Waals surface area contributed by atoms with E-state index in [9.17, 15) is 4.79 Å². The Morgan fingerprint density at radius 3 is 2.90 bits per heavy atom. The number of carbonyl (C=O) groups excluding carboxylic acids is 1. The van der Waals surface area contributed by atoms with Crippen LogP contribution in [0.1, 0.15) is 12.8 Å². The molecule has 0 unspecified atom stereocenters. The first-order valence-corrected chi connectivity index (χ1v) is 3.25. The molecule has 0 aromatic rings. The Morgan fingerprint density at radius 2 is 2.20 bits per heavy atom. The highest BCUT2D eigenvalue weighted by atomic mass is 16.3. The average molecular weight is 142 g/mol. The molecule has 1 rings (SSSR count). The number of aliphatic hydroxyl groups is 2. The average Bonchev–Trinajstić information content (AvgIpc) is 1.93. The van der Waals surface area contributed by atoms with Gasteiger partial charge < -0.3 is 10.2 Å². The molecule has 0 saturated carbocycles. The fourth-order valence-electron chi connectivity index (χ4n) is 0.959. The van der Waals surface area contributed by atoms with Crippen LogP contribution in [0.25, 0.3) is 0 Å². The quantitative estimate of drug-likeness (QED) is 0.485. The van der Waals surface area contributed by atoms with Gasteiger partial charge in [-0.1, -0.05) is 6.08 Å². The minimum atomic E-state index is -0.683. The van der Waals surface area contributed by atoms with Gasteiger partial charge in [0.05, 0.1) is 12.2 Å². The zero-order chi connectivity index (χ0) is 7.56. The largest absolute Gasteiger partial charge is 0.393 e. The van der Waals surface area contributed by atoms with Crippen LogP contribution >= 0.6 is 0 Å². The lowest BCUT2D eigenvalue weighted by Gasteiger charge is -2.06. The summed E-state index contributed by atoms with van der Waals surface area (Å²) in [6.45, 7) is 0. The molecule has 2 atom stereocenters. The lowest BCUT2D eigenvalue weighted by Crippen LogP contribution is -2.15. The van der Waals surface area contributed by atoms with Crippen LogP contribution in [0, 0.1) is 0 Å². The molecule has 1 aliphatic carbocycles. The van der Waals surface area contributed by atoms with Gasteiger partial charge >= 0.3 is 0 Å². The van der Waals surface area contributed by atoms with E-state index in [1.54, 1.807) is 0 Å². The zero-order valence-corrected chi connectivity index (χ0v) is 5.53. The van der Waals surface area contributed by atoms with E-state index >= 15 is 0 Å². The molecule has 3 nitrogen and oxygen atoms in total. The molecule has 0 aromatic heterocycles. The Hall–Kier alpha value is -0.670. The predicted octanol–water partition coefficient (Wildman–Crippen LogP) is -0.373. The van der Waals surface area contributed by atoms with Gasteiger partial charge in [0.2, 0.25) is 0 Å². The second-order valence-electron chi connectivity index (χ2n) is 2.49. The van der Waals surface area contributed by atoms with Gasteiger partial charge in [0.25, 0.3) is 0 Å². The second-order valence-corrected chi connectivity index (χ2v) is 2.49. The smallest absolute Gasteiger partial charge is 0.158 e. The Morgan fingerprint density at radius 1 is 1.50 bits per heavy atom. The van der Waals surface area contributed by atoms with E-state index in [0.717, 1.165) is 0 Å². The summed E-state index contributed by atoms with van der Waals surface area (Å²) in [4.78, 5) is 10.7. The molecule has 0 heterocycles. The van der Waals surface area contributed by atoms with Gasteiger partial charge in [-0.15, -0.1) is 0 Å². The van der Waals surface area contributed by atoms with Crippen LogP contribution in [0.3, 0.4) is 0 Å². The van der Waals surface area contributed by atoms with E-state index in [2.05, 4.69) is 0 Å². The highest BCUT2D eigenvalue weighted by Crippen LogP contribution is 2.09. The molecular formula is C7H10O3. The monoisotopic (exact) mass is 142 g/mol. The van der Waals surface area contributed by atoms with Crippen molar-refractivity contribution in [2.75, 3.05) is 0 Å². The Kier molecular flexibility index (Phi) is 2.19. The van der Waals surface area contributed by atoms with Crippen molar-refractivity contribution < 1.29 is 15.0 Å². The highest BCUT2D eigenvalue weighted by molar-refractivity contribution is 5.90. The maximum Gasteiger partial charge on any atom is 0.158 e. The van der Waals surface area contributed by atoms with E-state index < -0.39 is 12.2 Å². The van der Waals surface area contributed by atoms with Gasteiger partial charge in [-0.05, 0) is 6.08 Å². The summed E-state index contributed by atoms with van der Waals surface area (Å²) < 4.78 is 0. The number of ketones is 1. The van der Waals surface area contributed by atoms with E-state index in [0.29, 0.717) is 0 Å². The molecule has 3 heteroatoms. The van der Waals surface area contributed by atoms with Crippen LogP contribution in [-0.2, 0) is 4.79 Å². The minimum absolute atomic E-state index is 0.121. The molecular weight excluding hydrogens is 132 g/mol. The third-order valence-corrected chi connectivity index (χ3v) is 1.45. The molecule has 0 bridgehead atoms. The molecule has 0 aromatic carbocycles. The summed E-state index contributed by atoms with van der Waals surface area (Å²) in [6.07, 6.45) is 1.79. The molecule has 2 N–H and O–H groups in total. The minimum Gasteiger partial charge on any atom is -0.393 e. The summed E-state index contributed by atoms with van der Waals surface area (Å²) in [5.41, 5.74) is 0. The predicted molar refractivity (Wildman–Crippen MR) is 35.4 cm³/mol. The van der Waals surface area contributed by atoms with Gasteiger partial charge in [-0.25, -0.2) is 0 Å². The highest BCUT2D eigenvalue weighted by Gasteiger charge is 2.15. The van der Waals surface area contributed by atoms with E-state index in [4.69, 9.17) is 10.2 Å². The second kappa shape index (κ2) is 2.94. The summed E-state index contributed by atoms with van der Waals surface area (Å²) >= 11 is 0. The van der Waals surface area contributed by atoms with E-state index in [-0.39, 0.29) is 18.6 Å². The van der Waals surface area contributed by atoms with Crippen molar-refractivity contribution >= 4 is 5.78 Å². The van der Waals surface area contributed by atoms with Gasteiger partial charge in [-0.2, -0.15) is 0 Å². The van der Waals surface area contributed by atoms with E-state index in [1.807, 2.05) is 0 Å². The van der Waals surface area contributed by atoms with Crippen molar-refractivity contribution in [3.63, 3.8) is 0 Å². The van der Waals surface area contributed by atoms with Crippen LogP contribution < -0.4 is 0 Å². The van der Waals surface area contributed by atoms with Crippen LogP contribution in [0.5, 0.6) is 0 Å². The normalized spacial score (nSPS) is 34.0. The van der Waals surface area contributed by atoms with Gasteiger partial charge in [0.1, 0.15) is 0 Å². The van der Waals surface area contributed by atoms with Crippen LogP contribution in [0.2, 0.25) is 0 Å². The van der Waals surface area contributed by atoms with Crippen molar-refractivity contribution in [3.05, 3.63) is 12.2 Å². The summed E-state index contributed by atoms with van der Waals surface area (Å²) in [5, 5.41) is 18.0. The number of rotatable bonds is 0. The standard InChI is InChI=1S/C7H10O3/c8-5-1-2-6(9)4-7(10)3-5/h1-2,5,7-8,10H,3-4H2/t5-,7-/m1/s1. The van der Waals surface area contributed by atoms with Crippen molar-refractivity contribution in [2.24, 2.45) is 0 Å². The first-order valence-electron chi connectivity index (χ1n) is 3.25. The molecule has 10 heavy (non-hydrogen) atoms. The number of carbonyl (C=O) groups is 1. The van der Waals surface area contributed by atoms with Crippen molar-refractivity contribution in [2.45, 2.75) is 25.0 Å². The SMILES string of the molecule is O=C1C=C[C@@H](O)C[C@@H](O)C1. The molecule has 0 amide bonds. The molecule has 0 radical (unpaired) electrons. The van der Waals surface area contributed by atoms with Crippen molar-refractivity contribution in [1.82, 2.24) is 0 Å². The van der Waals surface area contributed by atoms with Crippen molar-refractivity contribution in [1.29, 1.82) is 0 Å². The van der Waals surface area contributed by atoms with Crippen LogP contribution in [0.15, 0.2) is 12.2 Å². The zero-order valence-electron chi connectivity index (χ0n) is 5.53. The summed E-state index contributed by atoms with van der Waals surface area (Å²) in [6, 6.07) is 0. The maximum absolute atomic E-state index is 10.7. The van der Waals surface area contributed by atoms with Gasteiger partial charge in [0.15, 0.2) is 5.78 Å². The summed E-state index contributed by atoms with van der Waals surface area (Å²) in [7, 11) is 0. The fourth-order valence-corrected chi connectivity index (χ4v) is 0.959. The number of allylic oxidation sites excluding steroid dienone is 1. The Labute approximate surface area is 59.0 Å². The number of aliphatic hydroxyl groups excluding tert-OH is 2. The number of hydrogen-bond donors (Lipinski definition) is 2. The lowest BCUT2D eigenvalue weighted by atomic mass is 10.1. The molecule has 0 fully saturated rings. The first-order chi connectivity index (χ1) is 4.68. The van der Waals surface area contributed by atoms with Crippen LogP contribution in [-0.4, -0.2) is 28.2 Å². The summed E-state index contributed by atoms with van der Waals surface area (Å²) in [5.74, 6) is -0.121. The van der Waals surface area contributed by atoms with Crippen molar-refractivity contribution in [3.8, 4) is 0 Å². The van der Waals surface area contributed by atoms with Gasteiger partial charge in [0, 0.05) is 12.8 Å². The molecule has 0 aliphatic heterocycles. The first kappa shape index (κ1) is 7.44. The number of hydrogen-bond acceptors (Lipinski definition) is 3. The fraction of sp³-hybridized carbons (Fsp3) is 0.571. The third kappa shape index (κ3) is 1.93. The Balaban J connectivity index is 2.60. The van der Waals surface area contributed by atoms with Gasteiger partial charge in [-0.3, -0.25) is 4.79 Å². The lowest BCUT2D eigenvalue weighted by molar-refractivity contribution is -0.116. The molecule has 56 valence electrons. The topological polar surface area (TPSA) is 57.5 Å². The molecule has 1 aliphatic rings. The molecule has 0 saturated heterocycles. The maximum atomic E-state index is 10.7. The van der Waals surface area contributed by atoms with Crippen LogP contribution in [0.4, 0.5) is 0 Å².